The van der Waals surface area contributed by atoms with Crippen LogP contribution in [-0.2, 0) is 0 Å². The summed E-state index contributed by atoms with van der Waals surface area (Å²) in [6.45, 7) is 1.72. The maximum Gasteiger partial charge on any atom is 0.104 e. The molecule has 2 nitrogen and oxygen atoms in total. The SMILES string of the molecule is CC(O)N(C)C. The van der Waals surface area contributed by atoms with Crippen LogP contribution in [-0.4, -0.2) is 30.3 Å². The monoisotopic (exact) mass is 89.1 g/mol. The summed E-state index contributed by atoms with van der Waals surface area (Å²) in [7, 11) is 3.65. The molecule has 0 aromatic rings. The largest absolute Gasteiger partial charge is 0.379 e. The first-order chi connectivity index (χ1) is 2.64. The van der Waals surface area contributed by atoms with E-state index in [4.69, 9.17) is 5.11 Å². The molecule has 6 heavy (non-hydrogen) atoms. The lowest BCUT2D eigenvalue weighted by Crippen LogP contribution is -2.23. The predicted octanol–water partition coefficient (Wildman–Crippen LogP) is -0.114. The predicted molar refractivity (Wildman–Crippen MR) is 25.4 cm³/mol. The molecule has 0 aromatic heterocycles. The summed E-state index contributed by atoms with van der Waals surface area (Å²) in [5, 5.41) is 8.56. The van der Waals surface area contributed by atoms with E-state index < -0.39 is 0 Å². The highest BCUT2D eigenvalue weighted by Gasteiger charge is 1.92. The normalized spacial score (nSPS) is 15.5. The fourth-order valence-electron chi connectivity index (χ4n) is 0. The lowest BCUT2D eigenvalue weighted by Gasteiger charge is -2.11. The highest BCUT2D eigenvalue weighted by atomic mass is 16.3. The van der Waals surface area contributed by atoms with Gasteiger partial charge in [-0.1, -0.05) is 0 Å². The van der Waals surface area contributed by atoms with Crippen LogP contribution in [0.25, 0.3) is 0 Å². The Morgan fingerprint density at radius 1 is 1.50 bits per heavy atom. The second-order valence-electron chi connectivity index (χ2n) is 1.60. The molecule has 0 saturated heterocycles. The Labute approximate surface area is 38.4 Å². The Balaban J connectivity index is 2.99. The summed E-state index contributed by atoms with van der Waals surface area (Å²) < 4.78 is 0. The molecule has 0 aliphatic rings. The van der Waals surface area contributed by atoms with Gasteiger partial charge in [0.1, 0.15) is 6.23 Å². The molecule has 0 aliphatic carbocycles. The molecule has 0 rings (SSSR count). The van der Waals surface area contributed by atoms with Crippen molar-refractivity contribution in [2.45, 2.75) is 13.2 Å². The van der Waals surface area contributed by atoms with Gasteiger partial charge < -0.3 is 5.11 Å². The number of nitrogens with zero attached hydrogens (tertiary/aromatic N) is 1. The van der Waals surface area contributed by atoms with Gasteiger partial charge in [-0.05, 0) is 21.0 Å². The minimum atomic E-state index is -0.315. The number of hydrogen-bond donors (Lipinski definition) is 1. The number of aliphatic hydroxyl groups excluding tert-OH is 1. The van der Waals surface area contributed by atoms with Gasteiger partial charge >= 0.3 is 0 Å². The minimum Gasteiger partial charge on any atom is -0.379 e. The Bertz CT molecular complexity index is 28.5. The molecule has 0 fully saturated rings. The first-order valence-corrected chi connectivity index (χ1v) is 1.99. The third-order valence-corrected chi connectivity index (χ3v) is 0.747. The first-order valence-electron chi connectivity index (χ1n) is 1.99. The third-order valence-electron chi connectivity index (χ3n) is 0.747. The quantitative estimate of drug-likeness (QED) is 0.453. The summed E-state index contributed by atoms with van der Waals surface area (Å²) >= 11 is 0. The molecule has 0 saturated carbocycles. The van der Waals surface area contributed by atoms with Crippen molar-refractivity contribution in [3.8, 4) is 0 Å². The Kier molecular flexibility index (Phi) is 2.13. The van der Waals surface area contributed by atoms with Crippen LogP contribution in [0.5, 0.6) is 0 Å². The van der Waals surface area contributed by atoms with E-state index in [9.17, 15) is 0 Å². The molecule has 1 N–H and O–H groups in total. The lowest BCUT2D eigenvalue weighted by molar-refractivity contribution is 0.0578. The van der Waals surface area contributed by atoms with Crippen molar-refractivity contribution in [2.75, 3.05) is 14.1 Å². The molecule has 0 heterocycles. The van der Waals surface area contributed by atoms with Gasteiger partial charge in [0.25, 0.3) is 0 Å². The van der Waals surface area contributed by atoms with E-state index >= 15 is 0 Å². The van der Waals surface area contributed by atoms with Crippen molar-refractivity contribution in [2.24, 2.45) is 0 Å². The molecule has 0 amide bonds. The van der Waals surface area contributed by atoms with Gasteiger partial charge in [0.15, 0.2) is 0 Å². The average Bonchev–Trinajstić information content (AvgIpc) is 1.36. The van der Waals surface area contributed by atoms with Gasteiger partial charge in [-0.15, -0.1) is 0 Å². The molecule has 0 aromatic carbocycles. The Morgan fingerprint density at radius 3 is 1.67 bits per heavy atom. The minimum absolute atomic E-state index is 0.315. The van der Waals surface area contributed by atoms with Crippen molar-refractivity contribution in [3.05, 3.63) is 0 Å². The second-order valence-corrected chi connectivity index (χ2v) is 1.60. The van der Waals surface area contributed by atoms with Gasteiger partial charge in [-0.25, -0.2) is 0 Å². The fourth-order valence-corrected chi connectivity index (χ4v) is 0. The molecule has 0 radical (unpaired) electrons. The zero-order valence-corrected chi connectivity index (χ0v) is 4.47. The van der Waals surface area contributed by atoms with Crippen LogP contribution in [0.1, 0.15) is 6.92 Å². The first kappa shape index (κ1) is 5.92. The van der Waals surface area contributed by atoms with Crippen LogP contribution < -0.4 is 0 Å². The number of hydrogen-bond acceptors (Lipinski definition) is 2. The Morgan fingerprint density at radius 2 is 1.67 bits per heavy atom. The standard InChI is InChI=1S/C4H11NO/c1-4(6)5(2)3/h4,6H,1-3H3. The van der Waals surface area contributed by atoms with E-state index in [2.05, 4.69) is 0 Å². The average molecular weight is 89.1 g/mol. The zero-order valence-electron chi connectivity index (χ0n) is 4.47. The molecule has 1 unspecified atom stereocenters. The van der Waals surface area contributed by atoms with E-state index in [1.165, 1.54) is 0 Å². The maximum atomic E-state index is 8.56. The van der Waals surface area contributed by atoms with Gasteiger partial charge in [0.05, 0.1) is 0 Å². The second kappa shape index (κ2) is 2.16. The highest BCUT2D eigenvalue weighted by Crippen LogP contribution is 1.79. The molecule has 0 spiro atoms. The molecule has 2 heteroatoms. The summed E-state index contributed by atoms with van der Waals surface area (Å²) in [6, 6.07) is 0. The van der Waals surface area contributed by atoms with Crippen molar-refractivity contribution >= 4 is 0 Å². The Hall–Kier alpha value is -0.0800. The van der Waals surface area contributed by atoms with Crippen molar-refractivity contribution in [1.82, 2.24) is 4.90 Å². The number of aliphatic hydroxyl groups is 1. The van der Waals surface area contributed by atoms with Crippen LogP contribution in [0, 0.1) is 0 Å². The van der Waals surface area contributed by atoms with Gasteiger partial charge in [-0.2, -0.15) is 0 Å². The maximum absolute atomic E-state index is 8.56. The van der Waals surface area contributed by atoms with E-state index in [1.54, 1.807) is 11.8 Å². The summed E-state index contributed by atoms with van der Waals surface area (Å²) in [6.07, 6.45) is -0.315. The topological polar surface area (TPSA) is 23.5 Å². The molecule has 0 aliphatic heterocycles. The summed E-state index contributed by atoms with van der Waals surface area (Å²) in [5.74, 6) is 0. The molecule has 1 atom stereocenters. The van der Waals surface area contributed by atoms with Crippen molar-refractivity contribution < 1.29 is 5.11 Å². The van der Waals surface area contributed by atoms with Gasteiger partial charge in [-0.3, -0.25) is 4.90 Å². The van der Waals surface area contributed by atoms with Crippen LogP contribution >= 0.6 is 0 Å². The van der Waals surface area contributed by atoms with Crippen molar-refractivity contribution in [3.63, 3.8) is 0 Å². The van der Waals surface area contributed by atoms with Crippen LogP contribution in [0.3, 0.4) is 0 Å². The van der Waals surface area contributed by atoms with E-state index in [1.807, 2.05) is 14.1 Å². The zero-order chi connectivity index (χ0) is 5.15. The van der Waals surface area contributed by atoms with E-state index in [-0.39, 0.29) is 6.23 Å². The van der Waals surface area contributed by atoms with Crippen LogP contribution in [0.2, 0.25) is 0 Å². The van der Waals surface area contributed by atoms with Gasteiger partial charge in [0, 0.05) is 0 Å². The fraction of sp³-hybridized carbons (Fsp3) is 1.00. The van der Waals surface area contributed by atoms with Crippen molar-refractivity contribution in [1.29, 1.82) is 0 Å². The summed E-state index contributed by atoms with van der Waals surface area (Å²) in [4.78, 5) is 1.72. The summed E-state index contributed by atoms with van der Waals surface area (Å²) in [5.41, 5.74) is 0. The number of rotatable bonds is 1. The van der Waals surface area contributed by atoms with Gasteiger partial charge in [0.2, 0.25) is 0 Å². The van der Waals surface area contributed by atoms with Crippen LogP contribution in [0.15, 0.2) is 0 Å². The molecular formula is C4H11NO. The van der Waals surface area contributed by atoms with E-state index in [0.717, 1.165) is 0 Å². The third kappa shape index (κ3) is 2.18. The smallest absolute Gasteiger partial charge is 0.104 e. The van der Waals surface area contributed by atoms with Crippen LogP contribution in [0.4, 0.5) is 0 Å². The molecule has 38 valence electrons. The molecular weight excluding hydrogens is 78.0 g/mol. The van der Waals surface area contributed by atoms with E-state index in [0.29, 0.717) is 0 Å². The lowest BCUT2D eigenvalue weighted by atomic mass is 10.6. The highest BCUT2D eigenvalue weighted by molar-refractivity contribution is 4.35. The molecule has 0 bridgehead atoms.